The third-order valence-corrected chi connectivity index (χ3v) is 6.71. The van der Waals surface area contributed by atoms with Crippen LogP contribution in [0.4, 0.5) is 0 Å². The van der Waals surface area contributed by atoms with Gasteiger partial charge in [-0.25, -0.2) is 0 Å². The summed E-state index contributed by atoms with van der Waals surface area (Å²) in [5.41, 5.74) is 0.915. The maximum absolute atomic E-state index is 12.7. The summed E-state index contributed by atoms with van der Waals surface area (Å²) in [5.74, 6) is 0.482. The van der Waals surface area contributed by atoms with Crippen LogP contribution in [0, 0.1) is 11.3 Å². The molecule has 1 aromatic rings. The standard InChI is InChI=1S/C20H29N3O3/c1-22-9-3-16(14-22)18(24)21-17-2-6-20(17)7-10-23(11-8-20)19(25)15-4-12-26-13-5-15/h3,9,14-15,17H,2,4-8,10-13H2,1H3,(H,21,24)/t17-/m1/s1. The molecule has 0 bridgehead atoms. The molecule has 1 aromatic heterocycles. The van der Waals surface area contributed by atoms with Gasteiger partial charge in [0.1, 0.15) is 0 Å². The van der Waals surface area contributed by atoms with Gasteiger partial charge in [0.15, 0.2) is 0 Å². The lowest BCUT2D eigenvalue weighted by atomic mass is 9.59. The minimum absolute atomic E-state index is 0.0235. The minimum Gasteiger partial charge on any atom is -0.381 e. The Morgan fingerprint density at radius 3 is 2.46 bits per heavy atom. The van der Waals surface area contributed by atoms with Crippen LogP contribution in [0.15, 0.2) is 18.5 Å². The second-order valence-electron chi connectivity index (χ2n) is 8.20. The lowest BCUT2D eigenvalue weighted by molar-refractivity contribution is -0.142. The number of amides is 2. The Kier molecular flexibility index (Phi) is 4.78. The van der Waals surface area contributed by atoms with Gasteiger partial charge in [-0.15, -0.1) is 0 Å². The molecule has 2 amide bonds. The van der Waals surface area contributed by atoms with Gasteiger partial charge in [0.05, 0.1) is 5.56 Å². The molecule has 1 atom stereocenters. The highest BCUT2D eigenvalue weighted by Gasteiger charge is 2.49. The predicted octanol–water partition coefficient (Wildman–Crippen LogP) is 1.95. The second-order valence-corrected chi connectivity index (χ2v) is 8.20. The molecular weight excluding hydrogens is 330 g/mol. The SMILES string of the molecule is Cn1ccc(C(=O)N[C@@H]2CCC23CCN(C(=O)C2CCOCC2)CC3)c1. The van der Waals surface area contributed by atoms with Gasteiger partial charge < -0.3 is 19.5 Å². The van der Waals surface area contributed by atoms with Crippen molar-refractivity contribution in [3.63, 3.8) is 0 Å². The zero-order valence-electron chi connectivity index (χ0n) is 15.6. The summed E-state index contributed by atoms with van der Waals surface area (Å²) >= 11 is 0. The molecule has 26 heavy (non-hydrogen) atoms. The van der Waals surface area contributed by atoms with Crippen LogP contribution in [-0.4, -0.2) is 53.6 Å². The molecule has 0 unspecified atom stereocenters. The van der Waals surface area contributed by atoms with E-state index < -0.39 is 0 Å². The Labute approximate surface area is 154 Å². The Morgan fingerprint density at radius 2 is 1.88 bits per heavy atom. The fraction of sp³-hybridized carbons (Fsp3) is 0.700. The summed E-state index contributed by atoms with van der Waals surface area (Å²) in [6, 6.07) is 2.10. The smallest absolute Gasteiger partial charge is 0.253 e. The number of nitrogens with zero attached hydrogens (tertiary/aromatic N) is 2. The number of aryl methyl sites for hydroxylation is 1. The topological polar surface area (TPSA) is 63.6 Å². The van der Waals surface area contributed by atoms with E-state index in [1.54, 1.807) is 0 Å². The molecule has 1 spiro atoms. The van der Waals surface area contributed by atoms with E-state index in [2.05, 4.69) is 10.2 Å². The summed E-state index contributed by atoms with van der Waals surface area (Å²) in [7, 11) is 1.92. The number of likely N-dealkylation sites (tertiary alicyclic amines) is 1. The highest BCUT2D eigenvalue weighted by atomic mass is 16.5. The molecule has 1 aliphatic carbocycles. The maximum atomic E-state index is 12.7. The van der Waals surface area contributed by atoms with Crippen LogP contribution in [-0.2, 0) is 16.6 Å². The van der Waals surface area contributed by atoms with Crippen LogP contribution in [0.3, 0.4) is 0 Å². The number of ether oxygens (including phenoxy) is 1. The van der Waals surface area contributed by atoms with Gasteiger partial charge in [0, 0.05) is 57.7 Å². The molecule has 3 aliphatic rings. The third-order valence-electron chi connectivity index (χ3n) is 6.71. The van der Waals surface area contributed by atoms with Crippen LogP contribution in [0.25, 0.3) is 0 Å². The van der Waals surface area contributed by atoms with E-state index in [9.17, 15) is 9.59 Å². The molecule has 142 valence electrons. The first-order valence-corrected chi connectivity index (χ1v) is 9.87. The van der Waals surface area contributed by atoms with Crippen molar-refractivity contribution in [3.8, 4) is 0 Å². The number of carbonyl (C=O) groups is 2. The Morgan fingerprint density at radius 1 is 1.15 bits per heavy atom. The first-order valence-electron chi connectivity index (χ1n) is 9.87. The highest BCUT2D eigenvalue weighted by molar-refractivity contribution is 5.94. The van der Waals surface area contributed by atoms with E-state index >= 15 is 0 Å². The largest absolute Gasteiger partial charge is 0.381 e. The number of hydrogen-bond acceptors (Lipinski definition) is 3. The first kappa shape index (κ1) is 17.6. The summed E-state index contributed by atoms with van der Waals surface area (Å²) in [6.07, 6.45) is 9.68. The molecule has 1 N–H and O–H groups in total. The zero-order valence-corrected chi connectivity index (χ0v) is 15.6. The fourth-order valence-corrected chi connectivity index (χ4v) is 4.78. The van der Waals surface area contributed by atoms with Crippen LogP contribution in [0.1, 0.15) is 48.9 Å². The average molecular weight is 359 g/mol. The van der Waals surface area contributed by atoms with E-state index in [0.29, 0.717) is 19.1 Å². The van der Waals surface area contributed by atoms with Crippen molar-refractivity contribution in [1.29, 1.82) is 0 Å². The highest BCUT2D eigenvalue weighted by Crippen LogP contribution is 2.49. The van der Waals surface area contributed by atoms with E-state index in [1.807, 2.05) is 30.1 Å². The number of aromatic nitrogens is 1. The van der Waals surface area contributed by atoms with Gasteiger partial charge in [-0.1, -0.05) is 0 Å². The van der Waals surface area contributed by atoms with E-state index in [-0.39, 0.29) is 23.3 Å². The first-order chi connectivity index (χ1) is 12.6. The lowest BCUT2D eigenvalue weighted by Gasteiger charge is -2.54. The van der Waals surface area contributed by atoms with Gasteiger partial charge in [-0.05, 0) is 50.0 Å². The number of piperidine rings is 1. The minimum atomic E-state index is 0.0235. The van der Waals surface area contributed by atoms with Crippen molar-refractivity contribution >= 4 is 11.8 Å². The predicted molar refractivity (Wildman–Crippen MR) is 97.7 cm³/mol. The van der Waals surface area contributed by atoms with Crippen LogP contribution in [0.5, 0.6) is 0 Å². The zero-order chi connectivity index (χ0) is 18.1. The molecule has 2 aliphatic heterocycles. The summed E-state index contributed by atoms with van der Waals surface area (Å²) in [4.78, 5) is 27.2. The molecule has 1 saturated carbocycles. The third kappa shape index (κ3) is 3.27. The monoisotopic (exact) mass is 359 g/mol. The van der Waals surface area contributed by atoms with Gasteiger partial charge in [-0.3, -0.25) is 9.59 Å². The van der Waals surface area contributed by atoms with Gasteiger partial charge in [0.2, 0.25) is 5.91 Å². The summed E-state index contributed by atoms with van der Waals surface area (Å²) in [6.45, 7) is 3.07. The number of hydrogen-bond donors (Lipinski definition) is 1. The quantitative estimate of drug-likeness (QED) is 0.897. The molecule has 3 fully saturated rings. The van der Waals surface area contributed by atoms with Gasteiger partial charge in [0.25, 0.3) is 5.91 Å². The average Bonchev–Trinajstić information content (AvgIpc) is 3.12. The van der Waals surface area contributed by atoms with E-state index in [1.165, 1.54) is 0 Å². The Bertz CT molecular complexity index is 670. The summed E-state index contributed by atoms with van der Waals surface area (Å²) in [5, 5.41) is 3.24. The van der Waals surface area contributed by atoms with Crippen LogP contribution < -0.4 is 5.32 Å². The molecule has 6 nitrogen and oxygen atoms in total. The fourth-order valence-electron chi connectivity index (χ4n) is 4.78. The van der Waals surface area contributed by atoms with E-state index in [0.717, 1.165) is 57.2 Å². The van der Waals surface area contributed by atoms with Crippen LogP contribution >= 0.6 is 0 Å². The number of nitrogens with one attached hydrogen (secondary N) is 1. The van der Waals surface area contributed by atoms with Crippen molar-refractivity contribution in [3.05, 3.63) is 24.0 Å². The second kappa shape index (κ2) is 7.06. The number of carbonyl (C=O) groups excluding carboxylic acids is 2. The summed E-state index contributed by atoms with van der Waals surface area (Å²) < 4.78 is 7.27. The van der Waals surface area contributed by atoms with Crippen molar-refractivity contribution in [2.45, 2.75) is 44.6 Å². The van der Waals surface area contributed by atoms with Crippen molar-refractivity contribution in [1.82, 2.24) is 14.8 Å². The molecule has 0 aromatic carbocycles. The lowest BCUT2D eigenvalue weighted by Crippen LogP contribution is -2.60. The molecule has 0 radical (unpaired) electrons. The molecule has 4 rings (SSSR count). The number of rotatable bonds is 3. The van der Waals surface area contributed by atoms with Crippen molar-refractivity contribution in [2.24, 2.45) is 18.4 Å². The molecule has 2 saturated heterocycles. The van der Waals surface area contributed by atoms with Gasteiger partial charge >= 0.3 is 0 Å². The van der Waals surface area contributed by atoms with Crippen molar-refractivity contribution in [2.75, 3.05) is 26.3 Å². The van der Waals surface area contributed by atoms with E-state index in [4.69, 9.17) is 4.74 Å². The maximum Gasteiger partial charge on any atom is 0.253 e. The molecule has 3 heterocycles. The van der Waals surface area contributed by atoms with Gasteiger partial charge in [-0.2, -0.15) is 0 Å². The Balaban J connectivity index is 1.31. The molecular formula is C20H29N3O3. The normalized spacial score (nSPS) is 25.7. The Hall–Kier alpha value is -1.82. The molecule has 6 heteroatoms. The van der Waals surface area contributed by atoms with Crippen molar-refractivity contribution < 1.29 is 14.3 Å². The van der Waals surface area contributed by atoms with Crippen LogP contribution in [0.2, 0.25) is 0 Å².